The largest absolute Gasteiger partial charge is 0.361 e. The Morgan fingerprint density at radius 2 is 2.12 bits per heavy atom. The molecular weight excluding hydrogens is 487 g/mol. The number of halogens is 2. The monoisotopic (exact) mass is 512 g/mol. The van der Waals surface area contributed by atoms with E-state index in [4.69, 9.17) is 11.6 Å². The quantitative estimate of drug-likeness (QED) is 0.302. The fraction of sp³-hybridized carbons (Fsp3) is 0.471. The number of guanidine groups is 1. The van der Waals surface area contributed by atoms with Gasteiger partial charge in [0.05, 0.1) is 5.75 Å². The van der Waals surface area contributed by atoms with E-state index in [0.29, 0.717) is 18.9 Å². The number of rotatable bonds is 7. The van der Waals surface area contributed by atoms with Gasteiger partial charge >= 0.3 is 0 Å². The molecule has 2 aromatic rings. The van der Waals surface area contributed by atoms with Gasteiger partial charge in [-0.15, -0.1) is 24.0 Å². The maximum atomic E-state index is 11.2. The van der Waals surface area contributed by atoms with Crippen LogP contribution in [0.4, 0.5) is 0 Å². The first-order chi connectivity index (χ1) is 11.8. The molecule has 0 saturated heterocycles. The average Bonchev–Trinajstić information content (AvgIpc) is 2.93. The lowest BCUT2D eigenvalue weighted by atomic mass is 10.1. The van der Waals surface area contributed by atoms with Crippen molar-refractivity contribution in [2.45, 2.75) is 25.8 Å². The highest BCUT2D eigenvalue weighted by atomic mass is 127. The molecule has 0 aliphatic heterocycles. The number of hydrogen-bond donors (Lipinski definition) is 3. The van der Waals surface area contributed by atoms with Crippen LogP contribution in [0.1, 0.15) is 18.9 Å². The Balaban J connectivity index is 0.00000338. The van der Waals surface area contributed by atoms with Crippen molar-refractivity contribution in [3.63, 3.8) is 0 Å². The summed E-state index contributed by atoms with van der Waals surface area (Å²) in [6, 6.07) is 5.82. The van der Waals surface area contributed by atoms with E-state index in [-0.39, 0.29) is 35.8 Å². The first kappa shape index (κ1) is 23.0. The number of fused-ring (bicyclic) bond motifs is 1. The summed E-state index contributed by atoms with van der Waals surface area (Å²) < 4.78 is 22.5. The third kappa shape index (κ3) is 7.32. The first-order valence-corrected chi connectivity index (χ1v) is 10.6. The summed E-state index contributed by atoms with van der Waals surface area (Å²) in [5.74, 6) is 0.827. The summed E-state index contributed by atoms with van der Waals surface area (Å²) in [5, 5.41) is 8.31. The highest BCUT2D eigenvalue weighted by molar-refractivity contribution is 14.0. The van der Waals surface area contributed by atoms with Crippen molar-refractivity contribution in [2.75, 3.05) is 25.6 Å². The summed E-state index contributed by atoms with van der Waals surface area (Å²) in [5.41, 5.74) is 2.25. The van der Waals surface area contributed by atoms with Crippen molar-refractivity contribution in [3.05, 3.63) is 35.0 Å². The van der Waals surface area contributed by atoms with Gasteiger partial charge in [0.1, 0.15) is 9.84 Å². The molecule has 3 N–H and O–H groups in total. The molecule has 2 rings (SSSR count). The second kappa shape index (κ2) is 10.4. The minimum atomic E-state index is -2.95. The Hall–Kier alpha value is -1.000. The molecule has 1 heterocycles. The van der Waals surface area contributed by atoms with Crippen LogP contribution in [0.5, 0.6) is 0 Å². The molecule has 0 amide bonds. The van der Waals surface area contributed by atoms with Gasteiger partial charge in [-0.2, -0.15) is 0 Å². The van der Waals surface area contributed by atoms with Gasteiger partial charge < -0.3 is 15.6 Å². The summed E-state index contributed by atoms with van der Waals surface area (Å²) in [6.07, 6.45) is 4.60. The third-order valence-corrected chi connectivity index (χ3v) is 5.16. The minimum Gasteiger partial charge on any atom is -0.361 e. The Kier molecular flexibility index (Phi) is 9.18. The van der Waals surface area contributed by atoms with Crippen LogP contribution < -0.4 is 10.6 Å². The number of nitrogens with zero attached hydrogens (tertiary/aromatic N) is 1. The molecule has 0 fully saturated rings. The number of aromatic amines is 1. The van der Waals surface area contributed by atoms with Gasteiger partial charge in [0.15, 0.2) is 5.96 Å². The molecule has 0 aliphatic rings. The molecule has 1 aromatic carbocycles. The van der Waals surface area contributed by atoms with Crippen LogP contribution in [-0.4, -0.2) is 51.0 Å². The van der Waals surface area contributed by atoms with Gasteiger partial charge in [-0.25, -0.2) is 8.42 Å². The summed E-state index contributed by atoms with van der Waals surface area (Å²) in [7, 11) is -1.25. The zero-order valence-electron chi connectivity index (χ0n) is 15.2. The standard InChI is InChI=1S/C17H25ClN4O2S.HI/c1-12(7-9-25(3,23)24)22-17(19-2)20-8-6-13-11-21-16-5-4-14(18)10-15(13)16;/h4-5,10-12,21H,6-9H2,1-3H3,(H2,19,20,22);1H. The number of benzene rings is 1. The van der Waals surface area contributed by atoms with Gasteiger partial charge in [0.2, 0.25) is 0 Å². The Bertz CT molecular complexity index is 852. The molecular formula is C17H26ClIN4O2S. The van der Waals surface area contributed by atoms with E-state index in [2.05, 4.69) is 20.6 Å². The Morgan fingerprint density at radius 1 is 1.38 bits per heavy atom. The number of H-pyrrole nitrogens is 1. The van der Waals surface area contributed by atoms with Crippen LogP contribution in [0, 0.1) is 0 Å². The molecule has 6 nitrogen and oxygen atoms in total. The van der Waals surface area contributed by atoms with Crippen LogP contribution >= 0.6 is 35.6 Å². The Morgan fingerprint density at radius 3 is 2.77 bits per heavy atom. The van der Waals surface area contributed by atoms with Gasteiger partial charge in [0.25, 0.3) is 0 Å². The number of hydrogen-bond acceptors (Lipinski definition) is 3. The second-order valence-electron chi connectivity index (χ2n) is 6.22. The number of aliphatic imine (C=N–C) groups is 1. The van der Waals surface area contributed by atoms with Crippen molar-refractivity contribution < 1.29 is 8.42 Å². The van der Waals surface area contributed by atoms with E-state index in [0.717, 1.165) is 22.3 Å². The van der Waals surface area contributed by atoms with Gasteiger partial charge in [-0.3, -0.25) is 4.99 Å². The molecule has 0 bridgehead atoms. The van der Waals surface area contributed by atoms with Crippen molar-refractivity contribution >= 4 is 62.3 Å². The van der Waals surface area contributed by atoms with E-state index < -0.39 is 9.84 Å². The van der Waals surface area contributed by atoms with Crippen LogP contribution in [0.3, 0.4) is 0 Å². The maximum Gasteiger partial charge on any atom is 0.191 e. The molecule has 9 heteroatoms. The predicted molar refractivity (Wildman–Crippen MR) is 121 cm³/mol. The smallest absolute Gasteiger partial charge is 0.191 e. The average molecular weight is 513 g/mol. The lowest BCUT2D eigenvalue weighted by Gasteiger charge is -2.17. The first-order valence-electron chi connectivity index (χ1n) is 8.19. The molecule has 1 atom stereocenters. The second-order valence-corrected chi connectivity index (χ2v) is 8.91. The van der Waals surface area contributed by atoms with Crippen LogP contribution in [0.15, 0.2) is 29.4 Å². The molecule has 146 valence electrons. The van der Waals surface area contributed by atoms with Gasteiger partial charge in [0, 0.05) is 48.0 Å². The summed E-state index contributed by atoms with van der Waals surface area (Å²) in [6.45, 7) is 2.65. The fourth-order valence-electron chi connectivity index (χ4n) is 2.56. The van der Waals surface area contributed by atoms with E-state index in [1.165, 1.54) is 11.8 Å². The predicted octanol–water partition coefficient (Wildman–Crippen LogP) is 2.97. The third-order valence-electron chi connectivity index (χ3n) is 3.94. The van der Waals surface area contributed by atoms with Crippen LogP contribution in [0.2, 0.25) is 5.02 Å². The number of sulfone groups is 1. The maximum absolute atomic E-state index is 11.2. The topological polar surface area (TPSA) is 86.3 Å². The molecule has 0 spiro atoms. The summed E-state index contributed by atoms with van der Waals surface area (Å²) >= 11 is 6.07. The lowest BCUT2D eigenvalue weighted by Crippen LogP contribution is -2.43. The normalized spacial score (nSPS) is 13.3. The molecule has 26 heavy (non-hydrogen) atoms. The van der Waals surface area contributed by atoms with Gasteiger partial charge in [-0.1, -0.05) is 11.6 Å². The molecule has 1 aromatic heterocycles. The van der Waals surface area contributed by atoms with Crippen LogP contribution in [-0.2, 0) is 16.3 Å². The van der Waals surface area contributed by atoms with E-state index in [9.17, 15) is 8.42 Å². The van der Waals surface area contributed by atoms with E-state index in [1.54, 1.807) is 7.05 Å². The molecule has 0 aliphatic carbocycles. The SMILES string of the molecule is CN=C(NCCc1c[nH]c2ccc(Cl)cc12)NC(C)CCS(C)(=O)=O.I. The fourth-order valence-corrected chi connectivity index (χ4v) is 3.52. The zero-order chi connectivity index (χ0) is 18.4. The van der Waals surface area contributed by atoms with Crippen molar-refractivity contribution in [1.82, 2.24) is 15.6 Å². The molecule has 1 unspecified atom stereocenters. The molecule has 0 saturated carbocycles. The van der Waals surface area contributed by atoms with Gasteiger partial charge in [-0.05, 0) is 43.5 Å². The molecule has 0 radical (unpaired) electrons. The summed E-state index contributed by atoms with van der Waals surface area (Å²) in [4.78, 5) is 7.43. The van der Waals surface area contributed by atoms with Crippen molar-refractivity contribution in [3.8, 4) is 0 Å². The highest BCUT2D eigenvalue weighted by Gasteiger charge is 2.10. The zero-order valence-corrected chi connectivity index (χ0v) is 19.1. The minimum absolute atomic E-state index is 0. The highest BCUT2D eigenvalue weighted by Crippen LogP contribution is 2.22. The van der Waals surface area contributed by atoms with Crippen LogP contribution in [0.25, 0.3) is 10.9 Å². The lowest BCUT2D eigenvalue weighted by molar-refractivity contribution is 0.581. The Labute approximate surface area is 177 Å². The van der Waals surface area contributed by atoms with E-state index >= 15 is 0 Å². The van der Waals surface area contributed by atoms with E-state index in [1.807, 2.05) is 31.3 Å². The number of nitrogens with one attached hydrogen (secondary N) is 3. The van der Waals surface area contributed by atoms with Crippen molar-refractivity contribution in [1.29, 1.82) is 0 Å². The number of aromatic nitrogens is 1. The van der Waals surface area contributed by atoms with Crippen molar-refractivity contribution in [2.24, 2.45) is 4.99 Å².